The van der Waals surface area contributed by atoms with Crippen LogP contribution in [-0.2, 0) is 26.2 Å². The van der Waals surface area contributed by atoms with Crippen LogP contribution in [0.4, 0.5) is 5.69 Å². The summed E-state index contributed by atoms with van der Waals surface area (Å²) in [5.74, 6) is 0. The molecule has 2 aromatic carbocycles. The minimum absolute atomic E-state index is 0. The molecule has 6 rings (SSSR count). The van der Waals surface area contributed by atoms with E-state index in [4.69, 9.17) is 0 Å². The number of anilines is 1. The van der Waals surface area contributed by atoms with Gasteiger partial charge in [0.25, 0.3) is 0 Å². The Bertz CT molecular complexity index is 1160. The fraction of sp³-hybridized carbons (Fsp3) is 0.143. The number of rotatable bonds is 1. The van der Waals surface area contributed by atoms with Gasteiger partial charge in [-0.25, -0.2) is 11.8 Å². The van der Waals surface area contributed by atoms with Crippen LogP contribution in [0.2, 0.25) is 0 Å². The number of hydrogen-bond donors (Lipinski definition) is 0. The summed E-state index contributed by atoms with van der Waals surface area (Å²) >= 11 is 5.61. The number of likely N-dealkylation sites (N-methyl/N-ethyl adjacent to an activating group) is 1. The van der Waals surface area contributed by atoms with Gasteiger partial charge >= 0.3 is 26.2 Å². The van der Waals surface area contributed by atoms with Crippen LogP contribution < -0.4 is 40.2 Å². The first-order chi connectivity index (χ1) is 11.7. The maximum Gasteiger partial charge on any atom is 3.00 e. The van der Waals surface area contributed by atoms with Crippen LogP contribution in [0.25, 0.3) is 17.2 Å². The number of para-hydroxylation sites is 1. The molecule has 0 N–H and O–H groups in total. The minimum atomic E-state index is 0. The largest absolute Gasteiger partial charge is 3.00 e. The van der Waals surface area contributed by atoms with Gasteiger partial charge in [0.1, 0.15) is 0 Å². The molecule has 133 valence electrons. The molecule has 1 atom stereocenters. The average Bonchev–Trinajstić information content (AvgIpc) is 2.97. The third-order valence-electron chi connectivity index (χ3n) is 5.42. The van der Waals surface area contributed by atoms with E-state index in [-0.39, 0.29) is 51.0 Å². The molecule has 6 heteroatoms. The molecule has 1 nitrogen and oxygen atoms in total. The van der Waals surface area contributed by atoms with Gasteiger partial charge in [-0.3, -0.25) is 6.08 Å². The average molecular weight is 553 g/mol. The summed E-state index contributed by atoms with van der Waals surface area (Å²) in [4.78, 5) is 5.22. The number of fused-ring (bicyclic) bond motifs is 5. The van der Waals surface area contributed by atoms with Crippen LogP contribution >= 0.6 is 27.7 Å². The summed E-state index contributed by atoms with van der Waals surface area (Å²) < 4.78 is 1.16. The molecule has 2 aliphatic carbocycles. The first kappa shape index (κ1) is 21.5. The van der Waals surface area contributed by atoms with Crippen molar-refractivity contribution in [1.29, 1.82) is 0 Å². The van der Waals surface area contributed by atoms with Crippen molar-refractivity contribution in [2.24, 2.45) is 0 Å². The summed E-state index contributed by atoms with van der Waals surface area (Å²) in [6.07, 6.45) is 6.87. The molecule has 0 spiro atoms. The number of nitrogens with zero attached hydrogens (tertiary/aromatic N) is 1. The van der Waals surface area contributed by atoms with Gasteiger partial charge in [0.05, 0.1) is 6.04 Å². The number of allylic oxidation sites excluding steroid dienone is 2. The molecule has 1 saturated heterocycles. The molecule has 1 unspecified atom stereocenters. The topological polar surface area (TPSA) is 3.24 Å². The van der Waals surface area contributed by atoms with Crippen molar-refractivity contribution in [3.05, 3.63) is 78.3 Å². The summed E-state index contributed by atoms with van der Waals surface area (Å²) in [7, 11) is 2.20. The van der Waals surface area contributed by atoms with Crippen LogP contribution in [0.3, 0.4) is 0 Å². The summed E-state index contributed by atoms with van der Waals surface area (Å²) in [6.45, 7) is 0. The zero-order valence-electron chi connectivity index (χ0n) is 14.3. The SMILES string of the molecule is CN1c2ccccc2C2=c3c(C4=C5SC5=[C-]C4)cc(Br)cc3=CC21.[Cl-].[Cl-].[Zr+3]. The molecular formula is C21H13BrCl2NSZr. The van der Waals surface area contributed by atoms with Gasteiger partial charge < -0.3 is 29.7 Å². The Morgan fingerprint density at radius 2 is 1.93 bits per heavy atom. The van der Waals surface area contributed by atoms with Crippen LogP contribution in [-0.4, -0.2) is 13.1 Å². The van der Waals surface area contributed by atoms with Crippen molar-refractivity contribution in [2.75, 3.05) is 11.9 Å². The smallest absolute Gasteiger partial charge is 1.00 e. The van der Waals surface area contributed by atoms with Crippen molar-refractivity contribution >= 4 is 50.6 Å². The Labute approximate surface area is 202 Å². The Hall–Kier alpha value is -0.247. The molecule has 0 amide bonds. The quantitative estimate of drug-likeness (QED) is 0.292. The van der Waals surface area contributed by atoms with Gasteiger partial charge in [-0.15, -0.1) is 10.5 Å². The van der Waals surface area contributed by atoms with E-state index < -0.39 is 0 Å². The monoisotopic (exact) mass is 550 g/mol. The van der Waals surface area contributed by atoms with Gasteiger partial charge in [-0.2, -0.15) is 4.91 Å². The Balaban J connectivity index is 0.000000701. The van der Waals surface area contributed by atoms with E-state index in [0.29, 0.717) is 6.04 Å². The Morgan fingerprint density at radius 1 is 1.15 bits per heavy atom. The van der Waals surface area contributed by atoms with E-state index in [2.05, 4.69) is 76.4 Å². The maximum atomic E-state index is 3.72. The second-order valence-corrected chi connectivity index (χ2v) is 8.60. The van der Waals surface area contributed by atoms with Crippen molar-refractivity contribution in [3.63, 3.8) is 0 Å². The van der Waals surface area contributed by atoms with Crippen molar-refractivity contribution < 1.29 is 51.0 Å². The third kappa shape index (κ3) is 2.99. The molecule has 2 aromatic rings. The number of thioether (sulfide) groups is 1. The first-order valence-electron chi connectivity index (χ1n) is 8.13. The number of hydrogen-bond acceptors (Lipinski definition) is 2. The zero-order chi connectivity index (χ0) is 16.0. The normalized spacial score (nSPS) is 19.6. The van der Waals surface area contributed by atoms with E-state index in [0.717, 1.165) is 10.9 Å². The predicted molar refractivity (Wildman–Crippen MR) is 105 cm³/mol. The fourth-order valence-corrected chi connectivity index (χ4v) is 5.59. The first-order valence-corrected chi connectivity index (χ1v) is 9.74. The molecular weight excluding hydrogens is 540 g/mol. The second-order valence-electron chi connectivity index (χ2n) is 6.66. The van der Waals surface area contributed by atoms with Crippen molar-refractivity contribution in [3.8, 4) is 0 Å². The van der Waals surface area contributed by atoms with Crippen molar-refractivity contribution in [1.82, 2.24) is 0 Å². The molecule has 1 fully saturated rings. The molecule has 27 heavy (non-hydrogen) atoms. The maximum absolute atomic E-state index is 3.72. The molecule has 0 saturated carbocycles. The van der Waals surface area contributed by atoms with Crippen LogP contribution in [0.1, 0.15) is 17.5 Å². The van der Waals surface area contributed by atoms with E-state index in [1.165, 1.54) is 48.2 Å². The van der Waals surface area contributed by atoms with Crippen molar-refractivity contribution in [2.45, 2.75) is 12.5 Å². The third-order valence-corrected chi connectivity index (χ3v) is 6.88. The second kappa shape index (κ2) is 7.54. The van der Waals surface area contributed by atoms with Gasteiger partial charge in [-0.1, -0.05) is 40.5 Å². The molecule has 2 aliphatic heterocycles. The number of halogens is 3. The molecule has 0 aromatic heterocycles. The van der Waals surface area contributed by atoms with E-state index in [9.17, 15) is 0 Å². The molecule has 0 bridgehead atoms. The molecule has 2 heterocycles. The van der Waals surface area contributed by atoms with E-state index in [1.54, 1.807) is 0 Å². The summed E-state index contributed by atoms with van der Waals surface area (Å²) in [5, 5.41) is 2.78. The summed E-state index contributed by atoms with van der Waals surface area (Å²) in [5.41, 5.74) is 7.04. The van der Waals surface area contributed by atoms with Crippen LogP contribution in [0.15, 0.2) is 50.7 Å². The van der Waals surface area contributed by atoms with Gasteiger partial charge in [0.15, 0.2) is 0 Å². The Morgan fingerprint density at radius 3 is 2.63 bits per heavy atom. The zero-order valence-corrected chi connectivity index (χ0v) is 20.7. The molecule has 4 aliphatic rings. The van der Waals surface area contributed by atoms with Gasteiger partial charge in [0, 0.05) is 22.8 Å². The van der Waals surface area contributed by atoms with E-state index >= 15 is 0 Å². The van der Waals surface area contributed by atoms with Crippen LogP contribution in [0, 0.1) is 6.08 Å². The molecule has 1 radical (unpaired) electrons. The van der Waals surface area contributed by atoms with E-state index in [1.807, 2.05) is 11.8 Å². The summed E-state index contributed by atoms with van der Waals surface area (Å²) in [6, 6.07) is 13.7. The fourth-order valence-electron chi connectivity index (χ4n) is 4.32. The Kier molecular flexibility index (Phi) is 5.99. The minimum Gasteiger partial charge on any atom is -1.00 e. The predicted octanol–water partition coefficient (Wildman–Crippen LogP) is -2.19. The van der Waals surface area contributed by atoms with Gasteiger partial charge in [-0.05, 0) is 45.8 Å². The van der Waals surface area contributed by atoms with Crippen LogP contribution in [0.5, 0.6) is 0 Å². The van der Waals surface area contributed by atoms with Gasteiger partial charge in [0.2, 0.25) is 0 Å². The standard InChI is InChI=1S/C21H13BrNS.2ClH.Zr/c1-23-16-5-3-2-4-14(16)20-17(23)9-11-8-12(22)10-15(19(11)20)13-6-7-18-21(13)24-18;;;/h2-5,8-10,17H,6H2,1H3;2*1H;/q-1;;;+3/p-2. The number of benzene rings is 2.